The molecule has 0 saturated heterocycles. The van der Waals surface area contributed by atoms with Gasteiger partial charge in [0.2, 0.25) is 0 Å². The van der Waals surface area contributed by atoms with E-state index in [0.717, 1.165) is 5.57 Å². The first-order valence-electron chi connectivity index (χ1n) is 6.97. The maximum Gasteiger partial charge on any atom is 0.188 e. The van der Waals surface area contributed by atoms with Crippen LogP contribution in [0.5, 0.6) is 0 Å². The molecule has 0 spiro atoms. The molecule has 0 radical (unpaired) electrons. The maximum atomic E-state index is 5.86. The first-order valence-corrected chi connectivity index (χ1v) is 6.97. The molecule has 1 aliphatic rings. The van der Waals surface area contributed by atoms with Crippen LogP contribution in [0.4, 0.5) is 0 Å². The molecular weight excluding hydrogens is 226 g/mol. The van der Waals surface area contributed by atoms with Gasteiger partial charge in [0, 0.05) is 6.04 Å². The molecule has 0 aromatic carbocycles. The quantitative estimate of drug-likeness (QED) is 0.251. The molecule has 0 aromatic rings. The summed E-state index contributed by atoms with van der Waals surface area (Å²) in [5, 5.41) is 3.31. The van der Waals surface area contributed by atoms with Gasteiger partial charge in [0.1, 0.15) is 0 Å². The van der Waals surface area contributed by atoms with Crippen molar-refractivity contribution in [2.24, 2.45) is 10.7 Å². The van der Waals surface area contributed by atoms with Gasteiger partial charge in [-0.05, 0) is 19.8 Å². The van der Waals surface area contributed by atoms with Crippen LogP contribution in [-0.2, 0) is 4.74 Å². The van der Waals surface area contributed by atoms with Crippen molar-refractivity contribution in [3.05, 3.63) is 12.2 Å². The van der Waals surface area contributed by atoms with Crippen molar-refractivity contribution in [1.82, 2.24) is 5.32 Å². The van der Waals surface area contributed by atoms with Crippen molar-refractivity contribution in [3.63, 3.8) is 0 Å². The van der Waals surface area contributed by atoms with Crippen molar-refractivity contribution >= 4 is 5.96 Å². The lowest BCUT2D eigenvalue weighted by Crippen LogP contribution is -2.40. The SMILES string of the molecule is C=C(C)COCCN=C(N)NC1CCCCCC1. The summed E-state index contributed by atoms with van der Waals surface area (Å²) >= 11 is 0. The van der Waals surface area contributed by atoms with Gasteiger partial charge < -0.3 is 15.8 Å². The molecule has 18 heavy (non-hydrogen) atoms. The molecule has 4 heteroatoms. The Balaban J connectivity index is 2.13. The Morgan fingerprint density at radius 1 is 1.33 bits per heavy atom. The average Bonchev–Trinajstić information content (AvgIpc) is 2.56. The molecule has 1 fully saturated rings. The van der Waals surface area contributed by atoms with Crippen LogP contribution in [0.2, 0.25) is 0 Å². The first-order chi connectivity index (χ1) is 8.68. The maximum absolute atomic E-state index is 5.86. The molecule has 0 unspecified atom stereocenters. The number of guanidine groups is 1. The van der Waals surface area contributed by atoms with Gasteiger partial charge in [-0.1, -0.05) is 37.8 Å². The Hall–Kier alpha value is -1.03. The normalized spacial score (nSPS) is 18.4. The molecule has 0 amide bonds. The molecule has 0 atom stereocenters. The largest absolute Gasteiger partial charge is 0.375 e. The van der Waals surface area contributed by atoms with Gasteiger partial charge in [0.15, 0.2) is 5.96 Å². The predicted octanol–water partition coefficient (Wildman–Crippen LogP) is 2.21. The highest BCUT2D eigenvalue weighted by atomic mass is 16.5. The fraction of sp³-hybridized carbons (Fsp3) is 0.786. The summed E-state index contributed by atoms with van der Waals surface area (Å²) in [7, 11) is 0. The van der Waals surface area contributed by atoms with Crippen molar-refractivity contribution in [2.75, 3.05) is 19.8 Å². The molecule has 3 N–H and O–H groups in total. The number of hydrogen-bond acceptors (Lipinski definition) is 2. The molecule has 0 bridgehead atoms. The van der Waals surface area contributed by atoms with E-state index < -0.39 is 0 Å². The molecule has 104 valence electrons. The number of rotatable bonds is 6. The summed E-state index contributed by atoms with van der Waals surface area (Å²) in [5.74, 6) is 0.556. The third-order valence-electron chi connectivity index (χ3n) is 3.07. The monoisotopic (exact) mass is 253 g/mol. The number of nitrogens with two attached hydrogens (primary N) is 1. The van der Waals surface area contributed by atoms with E-state index in [9.17, 15) is 0 Å². The van der Waals surface area contributed by atoms with Gasteiger partial charge in [-0.2, -0.15) is 0 Å². The summed E-state index contributed by atoms with van der Waals surface area (Å²) < 4.78 is 5.37. The van der Waals surface area contributed by atoms with Crippen molar-refractivity contribution in [2.45, 2.75) is 51.5 Å². The molecule has 1 saturated carbocycles. The number of ether oxygens (including phenoxy) is 1. The van der Waals surface area contributed by atoms with Crippen molar-refractivity contribution in [3.8, 4) is 0 Å². The minimum atomic E-state index is 0.507. The lowest BCUT2D eigenvalue weighted by molar-refractivity contribution is 0.164. The van der Waals surface area contributed by atoms with Crippen LogP contribution in [0.3, 0.4) is 0 Å². The number of hydrogen-bond donors (Lipinski definition) is 2. The van der Waals surface area contributed by atoms with Gasteiger partial charge in [-0.25, -0.2) is 0 Å². The van der Waals surface area contributed by atoms with Crippen LogP contribution in [0.25, 0.3) is 0 Å². The van der Waals surface area contributed by atoms with Crippen LogP contribution >= 0.6 is 0 Å². The van der Waals surface area contributed by atoms with Crippen LogP contribution in [-0.4, -0.2) is 31.8 Å². The third kappa shape index (κ3) is 7.33. The topological polar surface area (TPSA) is 59.6 Å². The second-order valence-corrected chi connectivity index (χ2v) is 5.11. The lowest BCUT2D eigenvalue weighted by atomic mass is 10.1. The Labute approximate surface area is 111 Å². The van der Waals surface area contributed by atoms with Crippen LogP contribution < -0.4 is 11.1 Å². The minimum Gasteiger partial charge on any atom is -0.375 e. The zero-order chi connectivity index (χ0) is 13.2. The summed E-state index contributed by atoms with van der Waals surface area (Å²) in [5.41, 5.74) is 6.89. The minimum absolute atomic E-state index is 0.507. The van der Waals surface area contributed by atoms with E-state index in [1.165, 1.54) is 38.5 Å². The van der Waals surface area contributed by atoms with E-state index in [0.29, 0.717) is 31.8 Å². The molecule has 0 aromatic heterocycles. The molecule has 1 aliphatic carbocycles. The predicted molar refractivity (Wildman–Crippen MR) is 76.7 cm³/mol. The second-order valence-electron chi connectivity index (χ2n) is 5.11. The zero-order valence-corrected chi connectivity index (χ0v) is 11.6. The fourth-order valence-corrected chi connectivity index (χ4v) is 2.16. The number of nitrogens with one attached hydrogen (secondary N) is 1. The summed E-state index contributed by atoms with van der Waals surface area (Å²) in [6.07, 6.45) is 7.72. The number of nitrogens with zero attached hydrogens (tertiary/aromatic N) is 1. The summed E-state index contributed by atoms with van der Waals surface area (Å²) in [6.45, 7) is 7.54. The summed E-state index contributed by atoms with van der Waals surface area (Å²) in [6, 6.07) is 0.507. The van der Waals surface area contributed by atoms with Crippen LogP contribution in [0, 0.1) is 0 Å². The number of aliphatic imine (C=N–C) groups is 1. The standard InChI is InChI=1S/C14H27N3O/c1-12(2)11-18-10-9-16-14(15)17-13-7-5-3-4-6-8-13/h13H,1,3-11H2,2H3,(H3,15,16,17). The van der Waals surface area contributed by atoms with Gasteiger partial charge in [-0.15, -0.1) is 0 Å². The highest BCUT2D eigenvalue weighted by Crippen LogP contribution is 2.16. The molecular formula is C14H27N3O. The first kappa shape index (κ1) is 15.0. The smallest absolute Gasteiger partial charge is 0.188 e. The average molecular weight is 253 g/mol. The Bertz CT molecular complexity index is 268. The Kier molecular flexibility index (Phi) is 7.49. The lowest BCUT2D eigenvalue weighted by Gasteiger charge is -2.16. The van der Waals surface area contributed by atoms with E-state index in [1.807, 2.05) is 6.92 Å². The van der Waals surface area contributed by atoms with Gasteiger partial charge in [0.05, 0.1) is 19.8 Å². The Morgan fingerprint density at radius 2 is 2.00 bits per heavy atom. The van der Waals surface area contributed by atoms with E-state index in [-0.39, 0.29) is 0 Å². The highest BCUT2D eigenvalue weighted by Gasteiger charge is 2.11. The van der Waals surface area contributed by atoms with E-state index in [1.54, 1.807) is 0 Å². The zero-order valence-electron chi connectivity index (χ0n) is 11.6. The van der Waals surface area contributed by atoms with E-state index in [2.05, 4.69) is 16.9 Å². The molecule has 0 heterocycles. The highest BCUT2D eigenvalue weighted by molar-refractivity contribution is 5.78. The molecule has 1 rings (SSSR count). The third-order valence-corrected chi connectivity index (χ3v) is 3.07. The van der Waals surface area contributed by atoms with Crippen molar-refractivity contribution in [1.29, 1.82) is 0 Å². The summed E-state index contributed by atoms with van der Waals surface area (Å²) in [4.78, 5) is 4.27. The molecule has 0 aliphatic heterocycles. The Morgan fingerprint density at radius 3 is 2.61 bits per heavy atom. The van der Waals surface area contributed by atoms with E-state index >= 15 is 0 Å². The van der Waals surface area contributed by atoms with Gasteiger partial charge in [-0.3, -0.25) is 4.99 Å². The van der Waals surface area contributed by atoms with Gasteiger partial charge >= 0.3 is 0 Å². The van der Waals surface area contributed by atoms with E-state index in [4.69, 9.17) is 10.5 Å². The van der Waals surface area contributed by atoms with Gasteiger partial charge in [0.25, 0.3) is 0 Å². The van der Waals surface area contributed by atoms with Crippen LogP contribution in [0.15, 0.2) is 17.1 Å². The van der Waals surface area contributed by atoms with Crippen molar-refractivity contribution < 1.29 is 4.74 Å². The molecule has 4 nitrogen and oxygen atoms in total. The fourth-order valence-electron chi connectivity index (χ4n) is 2.16. The second kappa shape index (κ2) is 8.97. The van der Waals surface area contributed by atoms with Crippen LogP contribution in [0.1, 0.15) is 45.4 Å².